The Morgan fingerprint density at radius 3 is 2.67 bits per heavy atom. The molecule has 0 radical (unpaired) electrons. The Bertz CT molecular complexity index is 573. The summed E-state index contributed by atoms with van der Waals surface area (Å²) in [5, 5.41) is 3.24. The molecule has 0 aromatic heterocycles. The Hall–Kier alpha value is -1.26. The summed E-state index contributed by atoms with van der Waals surface area (Å²) in [6.45, 7) is 4.23. The second kappa shape index (κ2) is 6.24. The zero-order valence-electron chi connectivity index (χ0n) is 12.1. The Balaban J connectivity index is 2.16. The molecule has 0 saturated carbocycles. The van der Waals surface area contributed by atoms with Gasteiger partial charge in [-0.25, -0.2) is 0 Å². The molecule has 0 unspecified atom stereocenters. The number of amides is 2. The third kappa shape index (κ3) is 3.50. The average molecular weight is 329 g/mol. The lowest BCUT2D eigenvalue weighted by atomic mass is 9.95. The topological polar surface area (TPSA) is 49.4 Å². The van der Waals surface area contributed by atoms with Crippen molar-refractivity contribution in [2.75, 3.05) is 22.6 Å². The molecule has 1 aromatic carbocycles. The lowest BCUT2D eigenvalue weighted by Crippen LogP contribution is -2.32. The van der Waals surface area contributed by atoms with Crippen LogP contribution in [0, 0.1) is 5.41 Å². The van der Waals surface area contributed by atoms with Crippen molar-refractivity contribution >= 4 is 46.4 Å². The van der Waals surface area contributed by atoms with Gasteiger partial charge in [0.25, 0.3) is 0 Å². The lowest BCUT2D eigenvalue weighted by Gasteiger charge is -2.21. The van der Waals surface area contributed by atoms with Crippen molar-refractivity contribution in [1.82, 2.24) is 0 Å². The van der Waals surface area contributed by atoms with Crippen LogP contribution in [0.3, 0.4) is 0 Å². The normalized spacial score (nSPS) is 15.4. The van der Waals surface area contributed by atoms with Crippen molar-refractivity contribution in [2.45, 2.75) is 26.7 Å². The van der Waals surface area contributed by atoms with E-state index in [1.54, 1.807) is 36.9 Å². The van der Waals surface area contributed by atoms with Crippen LogP contribution < -0.4 is 10.2 Å². The van der Waals surface area contributed by atoms with Gasteiger partial charge in [0.15, 0.2) is 0 Å². The van der Waals surface area contributed by atoms with Crippen LogP contribution in [0.15, 0.2) is 18.2 Å². The van der Waals surface area contributed by atoms with Crippen molar-refractivity contribution in [3.63, 3.8) is 0 Å². The van der Waals surface area contributed by atoms with Crippen molar-refractivity contribution < 1.29 is 9.59 Å². The summed E-state index contributed by atoms with van der Waals surface area (Å²) in [6.07, 6.45) is 1.40. The van der Waals surface area contributed by atoms with Crippen LogP contribution >= 0.6 is 23.2 Å². The summed E-state index contributed by atoms with van der Waals surface area (Å²) in [6, 6.07) is 5.16. The number of nitrogens with one attached hydrogen (secondary N) is 1. The van der Waals surface area contributed by atoms with Gasteiger partial charge in [-0.15, -0.1) is 11.6 Å². The van der Waals surface area contributed by atoms with Crippen LogP contribution in [-0.2, 0) is 9.59 Å². The maximum absolute atomic E-state index is 12.1. The molecule has 1 heterocycles. The molecule has 2 rings (SSSR count). The third-order valence-corrected chi connectivity index (χ3v) is 4.49. The van der Waals surface area contributed by atoms with Crippen LogP contribution in [0.25, 0.3) is 0 Å². The maximum Gasteiger partial charge on any atom is 0.231 e. The number of anilines is 2. The molecule has 2 amide bonds. The van der Waals surface area contributed by atoms with Crippen molar-refractivity contribution in [3.05, 3.63) is 23.2 Å². The predicted octanol–water partition coefficient (Wildman–Crippen LogP) is 3.67. The largest absolute Gasteiger partial charge is 0.326 e. The summed E-state index contributed by atoms with van der Waals surface area (Å²) in [4.78, 5) is 25.5. The van der Waals surface area contributed by atoms with Gasteiger partial charge in [0.05, 0.1) is 16.1 Å². The summed E-state index contributed by atoms with van der Waals surface area (Å²) in [5.41, 5.74) is 0.629. The van der Waals surface area contributed by atoms with E-state index in [-0.39, 0.29) is 17.7 Å². The molecule has 0 atom stereocenters. The van der Waals surface area contributed by atoms with Crippen molar-refractivity contribution in [2.24, 2.45) is 5.41 Å². The number of nitrogens with zero attached hydrogens (tertiary/aromatic N) is 1. The van der Waals surface area contributed by atoms with E-state index < -0.39 is 5.41 Å². The molecule has 1 fully saturated rings. The van der Waals surface area contributed by atoms with Gasteiger partial charge in [0.1, 0.15) is 0 Å². The van der Waals surface area contributed by atoms with Gasteiger partial charge >= 0.3 is 0 Å². The van der Waals surface area contributed by atoms with E-state index in [1.807, 2.05) is 0 Å². The standard InChI is InChI=1S/C15H18Cl2N2O2/c1-15(2,9-16)14(21)18-10-5-6-12(11(17)8-10)19-7-3-4-13(19)20/h5-6,8H,3-4,7,9H2,1-2H3,(H,18,21). The summed E-state index contributed by atoms with van der Waals surface area (Å²) in [5.74, 6) is 0.142. The van der Waals surface area contributed by atoms with Gasteiger partial charge in [0, 0.05) is 24.5 Å². The fourth-order valence-electron chi connectivity index (χ4n) is 2.07. The zero-order chi connectivity index (χ0) is 15.6. The Morgan fingerprint density at radius 1 is 1.43 bits per heavy atom. The number of rotatable bonds is 4. The van der Waals surface area contributed by atoms with E-state index >= 15 is 0 Å². The van der Waals surface area contributed by atoms with E-state index in [4.69, 9.17) is 23.2 Å². The van der Waals surface area contributed by atoms with Crippen LogP contribution in [0.4, 0.5) is 11.4 Å². The lowest BCUT2D eigenvalue weighted by molar-refractivity contribution is -0.123. The van der Waals surface area contributed by atoms with Gasteiger partial charge in [-0.3, -0.25) is 9.59 Å². The fraction of sp³-hybridized carbons (Fsp3) is 0.467. The number of alkyl halides is 1. The minimum Gasteiger partial charge on any atom is -0.326 e. The van der Waals surface area contributed by atoms with E-state index in [0.717, 1.165) is 6.42 Å². The second-order valence-electron chi connectivity index (χ2n) is 5.79. The fourth-order valence-corrected chi connectivity index (χ4v) is 2.47. The van der Waals surface area contributed by atoms with Crippen LogP contribution in [0.2, 0.25) is 5.02 Å². The number of hydrogen-bond acceptors (Lipinski definition) is 2. The summed E-state index contributed by atoms with van der Waals surface area (Å²) < 4.78 is 0. The summed E-state index contributed by atoms with van der Waals surface area (Å²) in [7, 11) is 0. The number of hydrogen-bond donors (Lipinski definition) is 1. The molecule has 1 aliphatic heterocycles. The van der Waals surface area contributed by atoms with Crippen molar-refractivity contribution in [1.29, 1.82) is 0 Å². The maximum atomic E-state index is 12.1. The van der Waals surface area contributed by atoms with E-state index in [1.165, 1.54) is 0 Å². The summed E-state index contributed by atoms with van der Waals surface area (Å²) >= 11 is 12.0. The Labute approximate surface area is 134 Å². The molecule has 1 saturated heterocycles. The number of carbonyl (C=O) groups excluding carboxylic acids is 2. The van der Waals surface area contributed by atoms with Crippen LogP contribution in [0.5, 0.6) is 0 Å². The molecule has 1 aromatic rings. The molecule has 0 aliphatic carbocycles. The molecule has 4 nitrogen and oxygen atoms in total. The quantitative estimate of drug-likeness (QED) is 0.857. The molecular formula is C15H18Cl2N2O2. The Morgan fingerprint density at radius 2 is 2.14 bits per heavy atom. The highest BCUT2D eigenvalue weighted by molar-refractivity contribution is 6.34. The monoisotopic (exact) mass is 328 g/mol. The Kier molecular flexibility index (Phi) is 4.79. The number of carbonyl (C=O) groups is 2. The van der Waals surface area contributed by atoms with Crippen molar-refractivity contribution in [3.8, 4) is 0 Å². The molecule has 0 spiro atoms. The van der Waals surface area contributed by atoms with E-state index in [9.17, 15) is 9.59 Å². The van der Waals surface area contributed by atoms with E-state index in [2.05, 4.69) is 5.32 Å². The van der Waals surface area contributed by atoms with Gasteiger partial charge < -0.3 is 10.2 Å². The van der Waals surface area contributed by atoms with Gasteiger partial charge in [-0.2, -0.15) is 0 Å². The molecule has 21 heavy (non-hydrogen) atoms. The molecule has 114 valence electrons. The number of benzene rings is 1. The highest BCUT2D eigenvalue weighted by Gasteiger charge is 2.27. The first-order valence-corrected chi connectivity index (χ1v) is 7.74. The molecule has 1 aliphatic rings. The average Bonchev–Trinajstić information content (AvgIpc) is 2.85. The molecular weight excluding hydrogens is 311 g/mol. The van der Waals surface area contributed by atoms with Gasteiger partial charge in [-0.1, -0.05) is 11.6 Å². The van der Waals surface area contributed by atoms with Gasteiger partial charge in [0.2, 0.25) is 11.8 Å². The number of halogens is 2. The first kappa shape index (κ1) is 16.1. The minimum absolute atomic E-state index is 0.0805. The predicted molar refractivity (Wildman–Crippen MR) is 86.2 cm³/mol. The minimum atomic E-state index is -0.655. The molecule has 1 N–H and O–H groups in total. The van der Waals surface area contributed by atoms with E-state index in [0.29, 0.717) is 29.4 Å². The zero-order valence-corrected chi connectivity index (χ0v) is 13.6. The molecule has 6 heteroatoms. The highest BCUT2D eigenvalue weighted by atomic mass is 35.5. The van der Waals surface area contributed by atoms with Crippen LogP contribution in [-0.4, -0.2) is 24.2 Å². The first-order valence-electron chi connectivity index (χ1n) is 6.82. The first-order chi connectivity index (χ1) is 9.85. The second-order valence-corrected chi connectivity index (χ2v) is 6.46. The SMILES string of the molecule is CC(C)(CCl)C(=O)Nc1ccc(N2CCCC2=O)c(Cl)c1. The van der Waals surface area contributed by atoms with Crippen LogP contribution in [0.1, 0.15) is 26.7 Å². The smallest absolute Gasteiger partial charge is 0.231 e. The highest BCUT2D eigenvalue weighted by Crippen LogP contribution is 2.32. The molecule has 0 bridgehead atoms. The van der Waals surface area contributed by atoms with Gasteiger partial charge in [-0.05, 0) is 38.5 Å². The third-order valence-electron chi connectivity index (χ3n) is 3.52.